The van der Waals surface area contributed by atoms with Gasteiger partial charge in [-0.3, -0.25) is 9.97 Å². The number of hydrogen-bond donors (Lipinski definition) is 0. The highest BCUT2D eigenvalue weighted by molar-refractivity contribution is 5.89. The molecule has 0 saturated heterocycles. The summed E-state index contributed by atoms with van der Waals surface area (Å²) in [6.45, 7) is 11.4. The molecule has 2 aromatic heterocycles. The lowest BCUT2D eigenvalue weighted by atomic mass is 9.76. The lowest BCUT2D eigenvalue weighted by Gasteiger charge is -2.28. The molecule has 2 aromatic carbocycles. The van der Waals surface area contributed by atoms with Gasteiger partial charge in [0.05, 0.1) is 5.52 Å². The fourth-order valence-electron chi connectivity index (χ4n) is 4.27. The van der Waals surface area contributed by atoms with Crippen LogP contribution in [0.15, 0.2) is 67.1 Å². The van der Waals surface area contributed by atoms with E-state index in [1.807, 2.05) is 18.6 Å². The minimum absolute atomic E-state index is 0.0193. The Bertz CT molecular complexity index is 1140. The molecular formula is C26H28N2. The molecule has 4 rings (SSSR count). The van der Waals surface area contributed by atoms with Gasteiger partial charge in [-0.15, -0.1) is 0 Å². The molecule has 0 saturated carbocycles. The van der Waals surface area contributed by atoms with E-state index in [-0.39, 0.29) is 10.8 Å². The first kappa shape index (κ1) is 18.6. The summed E-state index contributed by atoms with van der Waals surface area (Å²) >= 11 is 0. The monoisotopic (exact) mass is 368 g/mol. The molecule has 0 aliphatic rings. The highest BCUT2D eigenvalue weighted by atomic mass is 14.6. The number of rotatable bonds is 3. The van der Waals surface area contributed by atoms with E-state index in [9.17, 15) is 0 Å². The van der Waals surface area contributed by atoms with Crippen molar-refractivity contribution >= 4 is 21.7 Å². The topological polar surface area (TPSA) is 25.8 Å². The second kappa shape index (κ2) is 6.70. The fourth-order valence-corrected chi connectivity index (χ4v) is 4.27. The van der Waals surface area contributed by atoms with Crippen LogP contribution < -0.4 is 0 Å². The highest BCUT2D eigenvalue weighted by Crippen LogP contribution is 2.36. The standard InChI is InChI=1S/C26H28N2/c1-25(2,3)23-17-27-16-21-18(9-8-11-19(21)23)15-26(4,5)22-13-14-28-24-12-7-6-10-20(22)24/h6-14,16-17H,15H2,1-5H3. The first-order chi connectivity index (χ1) is 13.3. The van der Waals surface area contributed by atoms with Gasteiger partial charge in [-0.05, 0) is 51.5 Å². The maximum absolute atomic E-state index is 4.58. The predicted molar refractivity (Wildman–Crippen MR) is 119 cm³/mol. The predicted octanol–water partition coefficient (Wildman–Crippen LogP) is 6.60. The molecule has 0 unspecified atom stereocenters. The third-order valence-electron chi connectivity index (χ3n) is 5.71. The molecule has 0 radical (unpaired) electrons. The molecular weight excluding hydrogens is 340 g/mol. The zero-order valence-corrected chi connectivity index (χ0v) is 17.5. The van der Waals surface area contributed by atoms with Crippen molar-refractivity contribution in [3.05, 3.63) is 83.8 Å². The Kier molecular flexibility index (Phi) is 4.45. The average Bonchev–Trinajstić information content (AvgIpc) is 2.66. The number of benzene rings is 2. The SMILES string of the molecule is CC(C)(C)c1cncc2c(CC(C)(C)c3ccnc4ccccc34)cccc12. The van der Waals surface area contributed by atoms with E-state index in [0.29, 0.717) is 0 Å². The van der Waals surface area contributed by atoms with E-state index < -0.39 is 0 Å². The van der Waals surface area contributed by atoms with Crippen LogP contribution in [-0.4, -0.2) is 9.97 Å². The third-order valence-corrected chi connectivity index (χ3v) is 5.71. The van der Waals surface area contributed by atoms with Crippen LogP contribution in [0.5, 0.6) is 0 Å². The molecule has 142 valence electrons. The fraction of sp³-hybridized carbons (Fsp3) is 0.308. The lowest BCUT2D eigenvalue weighted by Crippen LogP contribution is -2.21. The van der Waals surface area contributed by atoms with Gasteiger partial charge in [-0.25, -0.2) is 0 Å². The van der Waals surface area contributed by atoms with Gasteiger partial charge >= 0.3 is 0 Å². The Labute approximate surface area is 167 Å². The number of para-hydroxylation sites is 1. The van der Waals surface area contributed by atoms with Crippen molar-refractivity contribution in [2.75, 3.05) is 0 Å². The quantitative estimate of drug-likeness (QED) is 0.407. The van der Waals surface area contributed by atoms with Crippen molar-refractivity contribution in [2.45, 2.75) is 51.9 Å². The van der Waals surface area contributed by atoms with Crippen molar-refractivity contribution < 1.29 is 0 Å². The van der Waals surface area contributed by atoms with E-state index in [2.05, 4.69) is 93.1 Å². The summed E-state index contributed by atoms with van der Waals surface area (Å²) < 4.78 is 0. The van der Waals surface area contributed by atoms with Crippen molar-refractivity contribution in [1.82, 2.24) is 9.97 Å². The maximum Gasteiger partial charge on any atom is 0.0704 e. The van der Waals surface area contributed by atoms with Crippen LogP contribution in [0.1, 0.15) is 51.3 Å². The van der Waals surface area contributed by atoms with Crippen LogP contribution in [0.25, 0.3) is 21.7 Å². The number of nitrogens with zero attached hydrogens (tertiary/aromatic N) is 2. The third kappa shape index (κ3) is 3.28. The average molecular weight is 369 g/mol. The molecule has 0 aliphatic carbocycles. The van der Waals surface area contributed by atoms with E-state index in [1.54, 1.807) is 0 Å². The Morgan fingerprint density at radius 2 is 1.46 bits per heavy atom. The van der Waals surface area contributed by atoms with Gasteiger partial charge < -0.3 is 0 Å². The molecule has 0 fully saturated rings. The second-order valence-corrected chi connectivity index (χ2v) is 9.39. The highest BCUT2D eigenvalue weighted by Gasteiger charge is 2.25. The molecule has 0 atom stereocenters. The molecule has 0 aliphatic heterocycles. The molecule has 2 nitrogen and oxygen atoms in total. The molecule has 0 N–H and O–H groups in total. The molecule has 2 heterocycles. The summed E-state index contributed by atoms with van der Waals surface area (Å²) in [5.74, 6) is 0. The van der Waals surface area contributed by atoms with E-state index in [1.165, 1.54) is 32.8 Å². The zero-order chi connectivity index (χ0) is 19.9. The van der Waals surface area contributed by atoms with E-state index in [0.717, 1.165) is 11.9 Å². The van der Waals surface area contributed by atoms with Gasteiger partial charge in [-0.1, -0.05) is 71.0 Å². The summed E-state index contributed by atoms with van der Waals surface area (Å²) in [7, 11) is 0. The van der Waals surface area contributed by atoms with E-state index >= 15 is 0 Å². The minimum Gasteiger partial charge on any atom is -0.264 e. The lowest BCUT2D eigenvalue weighted by molar-refractivity contribution is 0.528. The van der Waals surface area contributed by atoms with Crippen LogP contribution in [0.3, 0.4) is 0 Å². The smallest absolute Gasteiger partial charge is 0.0704 e. The van der Waals surface area contributed by atoms with Crippen LogP contribution in [0, 0.1) is 0 Å². The van der Waals surface area contributed by atoms with Gasteiger partial charge in [0, 0.05) is 29.4 Å². The van der Waals surface area contributed by atoms with Crippen molar-refractivity contribution in [3.8, 4) is 0 Å². The summed E-state index contributed by atoms with van der Waals surface area (Å²) in [5.41, 5.74) is 5.11. The Balaban J connectivity index is 1.83. The number of aromatic nitrogens is 2. The zero-order valence-electron chi connectivity index (χ0n) is 17.5. The van der Waals surface area contributed by atoms with Crippen molar-refractivity contribution in [2.24, 2.45) is 0 Å². The Morgan fingerprint density at radius 1 is 0.714 bits per heavy atom. The van der Waals surface area contributed by atoms with Crippen LogP contribution in [-0.2, 0) is 17.3 Å². The molecule has 0 amide bonds. The first-order valence-corrected chi connectivity index (χ1v) is 9.98. The van der Waals surface area contributed by atoms with Gasteiger partial charge in [-0.2, -0.15) is 0 Å². The van der Waals surface area contributed by atoms with Gasteiger partial charge in [0.15, 0.2) is 0 Å². The van der Waals surface area contributed by atoms with Crippen LogP contribution in [0.2, 0.25) is 0 Å². The van der Waals surface area contributed by atoms with Crippen molar-refractivity contribution in [3.63, 3.8) is 0 Å². The number of hydrogen-bond acceptors (Lipinski definition) is 2. The Morgan fingerprint density at radius 3 is 2.25 bits per heavy atom. The summed E-state index contributed by atoms with van der Waals surface area (Å²) in [5, 5.41) is 3.82. The molecule has 28 heavy (non-hydrogen) atoms. The normalized spacial score (nSPS) is 12.6. The maximum atomic E-state index is 4.58. The molecule has 0 spiro atoms. The second-order valence-electron chi connectivity index (χ2n) is 9.39. The largest absolute Gasteiger partial charge is 0.264 e. The van der Waals surface area contributed by atoms with Gasteiger partial charge in [0.1, 0.15) is 0 Å². The van der Waals surface area contributed by atoms with Crippen LogP contribution >= 0.6 is 0 Å². The minimum atomic E-state index is -0.0193. The molecule has 2 heteroatoms. The van der Waals surface area contributed by atoms with Gasteiger partial charge in [0.25, 0.3) is 0 Å². The summed E-state index contributed by atoms with van der Waals surface area (Å²) in [4.78, 5) is 9.12. The number of fused-ring (bicyclic) bond motifs is 2. The van der Waals surface area contributed by atoms with Crippen molar-refractivity contribution in [1.29, 1.82) is 0 Å². The molecule has 4 aromatic rings. The summed E-state index contributed by atoms with van der Waals surface area (Å²) in [6, 6.07) is 17.3. The van der Waals surface area contributed by atoms with E-state index in [4.69, 9.17) is 0 Å². The molecule has 0 bridgehead atoms. The van der Waals surface area contributed by atoms with Gasteiger partial charge in [0.2, 0.25) is 0 Å². The van der Waals surface area contributed by atoms with Crippen LogP contribution in [0.4, 0.5) is 0 Å². The first-order valence-electron chi connectivity index (χ1n) is 9.98. The Hall–Kier alpha value is -2.74. The summed E-state index contributed by atoms with van der Waals surface area (Å²) in [6.07, 6.45) is 6.93. The number of pyridine rings is 2.